The SMILES string of the molecule is Cc1cc(C)c(N(c2ccc(/C=C(/c3ccccc3)c3ccc(C)c(C)c3)cc2)c2ccc(/C=C(/c3ccccc3)c3ccc(C)c(C)c3)cc2)c(C)c1. The summed E-state index contributed by atoms with van der Waals surface area (Å²) in [5.74, 6) is 0. The summed E-state index contributed by atoms with van der Waals surface area (Å²) in [7, 11) is 0. The lowest BCUT2D eigenvalue weighted by Crippen LogP contribution is -2.13. The van der Waals surface area contributed by atoms with E-state index in [0.717, 1.165) is 22.5 Å². The molecule has 0 atom stereocenters. The van der Waals surface area contributed by atoms with Crippen molar-refractivity contribution in [2.75, 3.05) is 4.90 Å². The van der Waals surface area contributed by atoms with Crippen LogP contribution in [-0.4, -0.2) is 0 Å². The molecule has 7 aromatic rings. The first kappa shape index (κ1) is 36.2. The van der Waals surface area contributed by atoms with Crippen LogP contribution in [0.4, 0.5) is 17.1 Å². The van der Waals surface area contributed by atoms with Crippen LogP contribution >= 0.6 is 0 Å². The number of hydrogen-bond acceptors (Lipinski definition) is 1. The molecule has 54 heavy (non-hydrogen) atoms. The number of aryl methyl sites for hydroxylation is 7. The van der Waals surface area contributed by atoms with E-state index in [9.17, 15) is 0 Å². The van der Waals surface area contributed by atoms with Crippen LogP contribution < -0.4 is 4.90 Å². The van der Waals surface area contributed by atoms with Crippen molar-refractivity contribution in [2.24, 2.45) is 0 Å². The zero-order valence-electron chi connectivity index (χ0n) is 32.6. The Morgan fingerprint density at radius 2 is 0.741 bits per heavy atom. The van der Waals surface area contributed by atoms with Crippen LogP contribution in [0.5, 0.6) is 0 Å². The van der Waals surface area contributed by atoms with Crippen LogP contribution in [0.15, 0.2) is 158 Å². The van der Waals surface area contributed by atoms with Crippen LogP contribution in [-0.2, 0) is 0 Å². The van der Waals surface area contributed by atoms with E-state index in [2.05, 4.69) is 223 Å². The largest absolute Gasteiger partial charge is 0.310 e. The summed E-state index contributed by atoms with van der Waals surface area (Å²) in [6, 6.07) is 57.5. The van der Waals surface area contributed by atoms with Crippen molar-refractivity contribution >= 4 is 40.4 Å². The van der Waals surface area contributed by atoms with Crippen molar-refractivity contribution in [3.63, 3.8) is 0 Å². The fourth-order valence-electron chi connectivity index (χ4n) is 7.42. The van der Waals surface area contributed by atoms with Gasteiger partial charge in [-0.25, -0.2) is 0 Å². The molecular weight excluding hydrogens is 651 g/mol. The fraction of sp³-hybridized carbons (Fsp3) is 0.132. The molecule has 0 fully saturated rings. The smallest absolute Gasteiger partial charge is 0.0520 e. The van der Waals surface area contributed by atoms with Crippen LogP contribution in [0, 0.1) is 48.5 Å². The maximum absolute atomic E-state index is 2.41. The molecule has 0 aliphatic carbocycles. The maximum Gasteiger partial charge on any atom is 0.0520 e. The summed E-state index contributed by atoms with van der Waals surface area (Å²) >= 11 is 0. The maximum atomic E-state index is 2.41. The molecule has 0 radical (unpaired) electrons. The van der Waals surface area contributed by atoms with Crippen molar-refractivity contribution in [1.29, 1.82) is 0 Å². The third kappa shape index (κ3) is 7.92. The summed E-state index contributed by atoms with van der Waals surface area (Å²) in [6.07, 6.45) is 4.63. The minimum atomic E-state index is 1.12. The van der Waals surface area contributed by atoms with Gasteiger partial charge in [0.2, 0.25) is 0 Å². The fourth-order valence-corrected chi connectivity index (χ4v) is 7.42. The highest BCUT2D eigenvalue weighted by Gasteiger charge is 2.18. The minimum absolute atomic E-state index is 1.12. The number of anilines is 3. The highest BCUT2D eigenvalue weighted by molar-refractivity contribution is 5.93. The highest BCUT2D eigenvalue weighted by atomic mass is 15.1. The molecule has 1 heteroatoms. The Labute approximate surface area is 322 Å². The van der Waals surface area contributed by atoms with E-state index in [1.54, 1.807) is 0 Å². The quantitative estimate of drug-likeness (QED) is 0.136. The van der Waals surface area contributed by atoms with Gasteiger partial charge in [-0.15, -0.1) is 0 Å². The van der Waals surface area contributed by atoms with E-state index in [0.29, 0.717) is 0 Å². The molecule has 266 valence electrons. The van der Waals surface area contributed by atoms with Crippen molar-refractivity contribution in [2.45, 2.75) is 48.5 Å². The Morgan fingerprint density at radius 1 is 0.352 bits per heavy atom. The summed E-state index contributed by atoms with van der Waals surface area (Å²) in [4.78, 5) is 2.41. The monoisotopic (exact) mass is 699 g/mol. The molecule has 0 aromatic heterocycles. The molecule has 0 saturated heterocycles. The molecule has 0 amide bonds. The van der Waals surface area contributed by atoms with Gasteiger partial charge in [0.05, 0.1) is 5.69 Å². The van der Waals surface area contributed by atoms with E-state index in [-0.39, 0.29) is 0 Å². The Hall–Kier alpha value is -6.18. The first-order valence-electron chi connectivity index (χ1n) is 18.9. The van der Waals surface area contributed by atoms with Crippen molar-refractivity contribution in [1.82, 2.24) is 0 Å². The van der Waals surface area contributed by atoms with Crippen LogP contribution in [0.1, 0.15) is 72.3 Å². The highest BCUT2D eigenvalue weighted by Crippen LogP contribution is 2.40. The van der Waals surface area contributed by atoms with E-state index in [1.807, 2.05) is 0 Å². The van der Waals surface area contributed by atoms with E-state index in [1.165, 1.54) is 78.0 Å². The van der Waals surface area contributed by atoms with Crippen molar-refractivity contribution in [3.8, 4) is 0 Å². The van der Waals surface area contributed by atoms with Gasteiger partial charge in [0.25, 0.3) is 0 Å². The molecule has 1 nitrogen and oxygen atoms in total. The second-order valence-corrected chi connectivity index (χ2v) is 14.7. The standard InChI is InChI=1S/C53H49N/c1-36-30-41(6)53(42(7)31-36)54(49-26-20-43(21-27-49)34-51(45-14-10-8-11-15-45)47-24-18-37(2)39(4)32-47)50-28-22-44(23-29-50)35-52(46-16-12-9-13-17-46)48-25-19-38(3)40(5)33-48/h8-35H,1-7H3/b51-34-,52-35-. The van der Waals surface area contributed by atoms with Gasteiger partial charge >= 0.3 is 0 Å². The Morgan fingerprint density at radius 3 is 1.11 bits per heavy atom. The van der Waals surface area contributed by atoms with Crippen LogP contribution in [0.3, 0.4) is 0 Å². The van der Waals surface area contributed by atoms with Crippen molar-refractivity contribution < 1.29 is 0 Å². The second-order valence-electron chi connectivity index (χ2n) is 14.7. The Bertz CT molecular complexity index is 2290. The second kappa shape index (κ2) is 15.8. The number of nitrogens with zero attached hydrogens (tertiary/aromatic N) is 1. The molecule has 0 saturated carbocycles. The van der Waals surface area contributed by atoms with Gasteiger partial charge in [0.15, 0.2) is 0 Å². The van der Waals surface area contributed by atoms with Crippen LogP contribution in [0.2, 0.25) is 0 Å². The number of hydrogen-bond donors (Lipinski definition) is 0. The third-order valence-corrected chi connectivity index (χ3v) is 10.6. The van der Waals surface area contributed by atoms with Gasteiger partial charge in [-0.1, -0.05) is 139 Å². The first-order chi connectivity index (χ1) is 26.1. The predicted octanol–water partition coefficient (Wildman–Crippen LogP) is 14.5. The summed E-state index contributed by atoms with van der Waals surface area (Å²) in [5.41, 5.74) is 22.1. The van der Waals surface area contributed by atoms with Crippen LogP contribution in [0.25, 0.3) is 23.3 Å². The van der Waals surface area contributed by atoms with Gasteiger partial charge in [0, 0.05) is 11.4 Å². The molecule has 0 N–H and O–H groups in total. The third-order valence-electron chi connectivity index (χ3n) is 10.6. The van der Waals surface area contributed by atoms with Gasteiger partial charge in [-0.3, -0.25) is 0 Å². The molecular formula is C53H49N. The lowest BCUT2D eigenvalue weighted by atomic mass is 9.93. The first-order valence-corrected chi connectivity index (χ1v) is 18.9. The molecule has 7 aromatic carbocycles. The topological polar surface area (TPSA) is 3.24 Å². The zero-order valence-corrected chi connectivity index (χ0v) is 32.6. The van der Waals surface area contributed by atoms with E-state index in [4.69, 9.17) is 0 Å². The lowest BCUT2D eigenvalue weighted by Gasteiger charge is -2.29. The minimum Gasteiger partial charge on any atom is -0.310 e. The van der Waals surface area contributed by atoms with E-state index < -0.39 is 0 Å². The van der Waals surface area contributed by atoms with Gasteiger partial charge in [-0.2, -0.15) is 0 Å². The zero-order chi connectivity index (χ0) is 37.8. The molecule has 7 rings (SSSR count). The van der Waals surface area contributed by atoms with Crippen molar-refractivity contribution in [3.05, 3.63) is 230 Å². The average Bonchev–Trinajstić information content (AvgIpc) is 3.18. The van der Waals surface area contributed by atoms with Gasteiger partial charge in [0.1, 0.15) is 0 Å². The molecule has 0 bridgehead atoms. The molecule has 0 heterocycles. The predicted molar refractivity (Wildman–Crippen MR) is 234 cm³/mol. The molecule has 0 aliphatic heterocycles. The van der Waals surface area contributed by atoms with E-state index >= 15 is 0 Å². The summed E-state index contributed by atoms with van der Waals surface area (Å²) in [5, 5.41) is 0. The summed E-state index contributed by atoms with van der Waals surface area (Å²) in [6.45, 7) is 15.3. The number of benzene rings is 7. The van der Waals surface area contributed by atoms with Gasteiger partial charge in [-0.05, 0) is 163 Å². The number of rotatable bonds is 9. The Kier molecular flexibility index (Phi) is 10.6. The lowest BCUT2D eigenvalue weighted by molar-refractivity contribution is 1.20. The Balaban J connectivity index is 1.30. The average molecular weight is 700 g/mol. The van der Waals surface area contributed by atoms with Gasteiger partial charge < -0.3 is 4.90 Å². The molecule has 0 aliphatic rings. The molecule has 0 spiro atoms. The summed E-state index contributed by atoms with van der Waals surface area (Å²) < 4.78 is 0. The molecule has 0 unspecified atom stereocenters. The normalized spacial score (nSPS) is 11.8.